The number of halogens is 1. The van der Waals surface area contributed by atoms with Crippen LogP contribution < -0.4 is 5.32 Å². The van der Waals surface area contributed by atoms with Crippen LogP contribution in [0.4, 0.5) is 4.39 Å². The fourth-order valence-electron chi connectivity index (χ4n) is 2.51. The minimum Gasteiger partial charge on any atom is -0.311 e. The van der Waals surface area contributed by atoms with Gasteiger partial charge in [0.1, 0.15) is 5.82 Å². The number of aromatic nitrogens is 2. The zero-order valence-electron chi connectivity index (χ0n) is 12.2. The Morgan fingerprint density at radius 2 is 2.10 bits per heavy atom. The molecular formula is C16H18FN3S. The first kappa shape index (κ1) is 14.2. The number of imidazole rings is 1. The van der Waals surface area contributed by atoms with Gasteiger partial charge >= 0.3 is 0 Å². The molecule has 0 spiro atoms. The van der Waals surface area contributed by atoms with Crippen molar-refractivity contribution in [2.24, 2.45) is 0 Å². The molecule has 0 amide bonds. The molecule has 0 aliphatic carbocycles. The van der Waals surface area contributed by atoms with Crippen molar-refractivity contribution in [3.05, 3.63) is 58.1 Å². The van der Waals surface area contributed by atoms with Gasteiger partial charge in [-0.3, -0.25) is 4.40 Å². The van der Waals surface area contributed by atoms with Crippen LogP contribution in [0.25, 0.3) is 4.96 Å². The van der Waals surface area contributed by atoms with E-state index in [2.05, 4.69) is 27.0 Å². The van der Waals surface area contributed by atoms with Crippen LogP contribution in [0.15, 0.2) is 29.6 Å². The summed E-state index contributed by atoms with van der Waals surface area (Å²) in [6.07, 6.45) is 0.691. The van der Waals surface area contributed by atoms with Gasteiger partial charge in [0.2, 0.25) is 0 Å². The van der Waals surface area contributed by atoms with E-state index in [1.54, 1.807) is 17.4 Å². The van der Waals surface area contributed by atoms with Gasteiger partial charge in [-0.15, -0.1) is 11.3 Å². The highest BCUT2D eigenvalue weighted by Crippen LogP contribution is 2.20. The van der Waals surface area contributed by atoms with Crippen molar-refractivity contribution in [1.82, 2.24) is 14.7 Å². The summed E-state index contributed by atoms with van der Waals surface area (Å²) in [5.74, 6) is -0.129. The van der Waals surface area contributed by atoms with Gasteiger partial charge in [-0.2, -0.15) is 0 Å². The zero-order chi connectivity index (χ0) is 14.8. The Morgan fingerprint density at radius 3 is 2.90 bits per heavy atom. The molecule has 3 aromatic rings. The van der Waals surface area contributed by atoms with Crippen molar-refractivity contribution in [2.45, 2.75) is 26.8 Å². The van der Waals surface area contributed by atoms with E-state index in [9.17, 15) is 4.39 Å². The summed E-state index contributed by atoms with van der Waals surface area (Å²) in [5.41, 5.74) is 4.22. The van der Waals surface area contributed by atoms with Crippen molar-refractivity contribution >= 4 is 16.3 Å². The maximum atomic E-state index is 13.5. The van der Waals surface area contributed by atoms with Crippen molar-refractivity contribution < 1.29 is 4.39 Å². The molecule has 1 aromatic carbocycles. The van der Waals surface area contributed by atoms with Gasteiger partial charge in [0.25, 0.3) is 0 Å². The second kappa shape index (κ2) is 5.95. The SMILES string of the molecule is Cc1nc2scc(C)n2c1CNCCc1ccccc1F. The molecule has 2 heterocycles. The predicted octanol–water partition coefficient (Wildman–Crippen LogP) is 3.48. The van der Waals surface area contributed by atoms with E-state index >= 15 is 0 Å². The van der Waals surface area contributed by atoms with Gasteiger partial charge in [0, 0.05) is 17.6 Å². The lowest BCUT2D eigenvalue weighted by Gasteiger charge is -2.07. The second-order valence-electron chi connectivity index (χ2n) is 5.16. The maximum absolute atomic E-state index is 13.5. The first-order chi connectivity index (χ1) is 10.2. The van der Waals surface area contributed by atoms with E-state index in [1.165, 1.54) is 17.5 Å². The minimum absolute atomic E-state index is 0.129. The molecule has 0 saturated carbocycles. The number of fused-ring (bicyclic) bond motifs is 1. The highest BCUT2D eigenvalue weighted by Gasteiger charge is 2.11. The molecule has 0 unspecified atom stereocenters. The molecule has 1 N–H and O–H groups in total. The first-order valence-electron chi connectivity index (χ1n) is 7.03. The molecule has 0 fully saturated rings. The summed E-state index contributed by atoms with van der Waals surface area (Å²) in [4.78, 5) is 5.60. The minimum atomic E-state index is -0.129. The third-order valence-corrected chi connectivity index (χ3v) is 4.59. The zero-order valence-corrected chi connectivity index (χ0v) is 13.0. The van der Waals surface area contributed by atoms with E-state index in [1.807, 2.05) is 19.1 Å². The molecule has 21 heavy (non-hydrogen) atoms. The van der Waals surface area contributed by atoms with Crippen LogP contribution in [0.3, 0.4) is 0 Å². The highest BCUT2D eigenvalue weighted by atomic mass is 32.1. The Bertz CT molecular complexity index is 760. The molecule has 0 radical (unpaired) electrons. The topological polar surface area (TPSA) is 29.3 Å². The summed E-state index contributed by atoms with van der Waals surface area (Å²) in [7, 11) is 0. The smallest absolute Gasteiger partial charge is 0.194 e. The largest absolute Gasteiger partial charge is 0.311 e. The number of hydrogen-bond donors (Lipinski definition) is 1. The van der Waals surface area contributed by atoms with Crippen molar-refractivity contribution in [3.63, 3.8) is 0 Å². The van der Waals surface area contributed by atoms with Gasteiger partial charge in [-0.25, -0.2) is 9.37 Å². The Labute approximate surface area is 127 Å². The molecule has 2 aromatic heterocycles. The molecule has 0 saturated heterocycles. The second-order valence-corrected chi connectivity index (χ2v) is 5.99. The Kier molecular flexibility index (Phi) is 4.03. The van der Waals surface area contributed by atoms with Crippen molar-refractivity contribution in [2.75, 3.05) is 6.54 Å². The number of aryl methyl sites for hydroxylation is 2. The summed E-state index contributed by atoms with van der Waals surface area (Å²) in [6.45, 7) is 5.62. The van der Waals surface area contributed by atoms with Crippen molar-refractivity contribution in [3.8, 4) is 0 Å². The highest BCUT2D eigenvalue weighted by molar-refractivity contribution is 7.15. The Morgan fingerprint density at radius 1 is 1.29 bits per heavy atom. The van der Waals surface area contributed by atoms with E-state index in [0.717, 1.165) is 29.3 Å². The van der Waals surface area contributed by atoms with E-state index in [4.69, 9.17) is 0 Å². The molecule has 0 aliphatic heterocycles. The molecule has 3 nitrogen and oxygen atoms in total. The molecule has 110 valence electrons. The average molecular weight is 303 g/mol. The quantitative estimate of drug-likeness (QED) is 0.731. The van der Waals surface area contributed by atoms with Crippen LogP contribution in [0.5, 0.6) is 0 Å². The van der Waals surface area contributed by atoms with E-state index < -0.39 is 0 Å². The lowest BCUT2D eigenvalue weighted by molar-refractivity contribution is 0.595. The van der Waals surface area contributed by atoms with Crippen LogP contribution in [0.1, 0.15) is 22.6 Å². The van der Waals surface area contributed by atoms with Crippen LogP contribution in [-0.2, 0) is 13.0 Å². The molecule has 0 bridgehead atoms. The summed E-state index contributed by atoms with van der Waals surface area (Å²) < 4.78 is 15.7. The lowest BCUT2D eigenvalue weighted by Crippen LogP contribution is -2.19. The number of nitrogens with zero attached hydrogens (tertiary/aromatic N) is 2. The van der Waals surface area contributed by atoms with Crippen LogP contribution in [-0.4, -0.2) is 15.9 Å². The van der Waals surface area contributed by atoms with E-state index in [-0.39, 0.29) is 5.82 Å². The van der Waals surface area contributed by atoms with E-state index in [0.29, 0.717) is 6.42 Å². The maximum Gasteiger partial charge on any atom is 0.194 e. The third kappa shape index (κ3) is 2.84. The molecule has 0 atom stereocenters. The number of thiazole rings is 1. The lowest BCUT2D eigenvalue weighted by atomic mass is 10.1. The van der Waals surface area contributed by atoms with Crippen LogP contribution >= 0.6 is 11.3 Å². The summed E-state index contributed by atoms with van der Waals surface area (Å²) in [5, 5.41) is 5.51. The molecule has 5 heteroatoms. The fourth-order valence-corrected chi connectivity index (χ4v) is 3.44. The first-order valence-corrected chi connectivity index (χ1v) is 7.91. The standard InChI is InChI=1S/C16H18FN3S/c1-11-10-21-16-19-12(2)15(20(11)16)9-18-8-7-13-5-3-4-6-14(13)17/h3-6,10,18H,7-9H2,1-2H3. The van der Waals surface area contributed by atoms with Gasteiger partial charge < -0.3 is 5.32 Å². The molecular weight excluding hydrogens is 285 g/mol. The Hall–Kier alpha value is -1.72. The normalized spacial score (nSPS) is 11.4. The van der Waals surface area contributed by atoms with Crippen molar-refractivity contribution in [1.29, 1.82) is 0 Å². The fraction of sp³-hybridized carbons (Fsp3) is 0.312. The van der Waals surface area contributed by atoms with Gasteiger partial charge in [-0.1, -0.05) is 18.2 Å². The molecule has 3 rings (SSSR count). The van der Waals surface area contributed by atoms with Gasteiger partial charge in [-0.05, 0) is 38.4 Å². The monoisotopic (exact) mass is 303 g/mol. The number of nitrogens with one attached hydrogen (secondary N) is 1. The molecule has 0 aliphatic rings. The summed E-state index contributed by atoms with van der Waals surface area (Å²) >= 11 is 1.66. The summed E-state index contributed by atoms with van der Waals surface area (Å²) in [6, 6.07) is 6.94. The van der Waals surface area contributed by atoms with Gasteiger partial charge in [0.05, 0.1) is 11.4 Å². The van der Waals surface area contributed by atoms with Crippen LogP contribution in [0.2, 0.25) is 0 Å². The van der Waals surface area contributed by atoms with Crippen LogP contribution in [0, 0.1) is 19.7 Å². The Balaban J connectivity index is 1.63. The number of rotatable bonds is 5. The third-order valence-electron chi connectivity index (χ3n) is 3.65. The van der Waals surface area contributed by atoms with Gasteiger partial charge in [0.15, 0.2) is 4.96 Å². The average Bonchev–Trinajstić information content (AvgIpc) is 2.97. The number of hydrogen-bond acceptors (Lipinski definition) is 3. The number of benzene rings is 1. The predicted molar refractivity (Wildman–Crippen MR) is 84.4 cm³/mol.